The number of hydrogen-bond acceptors (Lipinski definition) is 10. The molecule has 0 unspecified atom stereocenters. The summed E-state index contributed by atoms with van der Waals surface area (Å²) >= 11 is 1.12. The fraction of sp³-hybridized carbons (Fsp3) is 0.229. The summed E-state index contributed by atoms with van der Waals surface area (Å²) in [4.78, 5) is 38.2. The average Bonchev–Trinajstić information content (AvgIpc) is 3.89. The molecule has 0 aliphatic carbocycles. The van der Waals surface area contributed by atoms with Gasteiger partial charge in [0.15, 0.2) is 5.82 Å². The zero-order valence-electron chi connectivity index (χ0n) is 26.5. The molecule has 1 fully saturated rings. The number of amides is 1. The molecule has 3 N–H and O–H groups in total. The lowest BCUT2D eigenvalue weighted by Gasteiger charge is -2.31. The van der Waals surface area contributed by atoms with Crippen molar-refractivity contribution in [2.75, 3.05) is 36.9 Å². The maximum Gasteiger partial charge on any atom is 0.298 e. The number of carbonyl (C=O) groups excluding carboxylic acids is 1. The van der Waals surface area contributed by atoms with Crippen molar-refractivity contribution in [3.05, 3.63) is 118 Å². The number of thiophene rings is 1. The number of rotatable bonds is 8. The maximum atomic E-state index is 15.1. The lowest BCUT2D eigenvalue weighted by Crippen LogP contribution is -2.34. The van der Waals surface area contributed by atoms with Crippen LogP contribution in [0.3, 0.4) is 0 Å². The van der Waals surface area contributed by atoms with E-state index in [0.717, 1.165) is 28.8 Å². The second kappa shape index (κ2) is 12.7. The number of para-hydroxylation sites is 1. The summed E-state index contributed by atoms with van der Waals surface area (Å²) in [6.07, 6.45) is 3.20. The number of nitrogen functional groups attached to an aromatic ring is 1. The molecule has 50 heavy (non-hydrogen) atoms. The van der Waals surface area contributed by atoms with E-state index in [1.165, 1.54) is 34.0 Å². The Morgan fingerprint density at radius 3 is 2.74 bits per heavy atom. The van der Waals surface area contributed by atoms with Crippen molar-refractivity contribution in [2.45, 2.75) is 18.6 Å². The molecule has 3 aromatic heterocycles. The number of ether oxygens (including phenoxy) is 2. The standard InChI is InChI=1S/C35H30F2N8O4S/c36-22-6-8-25(26(37)12-22)35(18-43-20-39-19-41-43)15-21(17-49-35)16-40-32(46)30-14-28-33(50-30)42-31(38)34(47)45(28)24-7-9-29-27(13-24)44(10-11-48-29)23-4-2-1-3-5-23/h1-9,12-14,19-21H,10-11,15-18H2,(H2,38,42)(H,40,46)/t21-,35+/m0/s1. The number of nitrogens with one attached hydrogen (secondary N) is 1. The van der Waals surface area contributed by atoms with Gasteiger partial charge in [-0.2, -0.15) is 5.10 Å². The van der Waals surface area contributed by atoms with Crippen LogP contribution in [0.25, 0.3) is 16.0 Å². The molecule has 15 heteroatoms. The van der Waals surface area contributed by atoms with Crippen molar-refractivity contribution < 1.29 is 23.0 Å². The summed E-state index contributed by atoms with van der Waals surface area (Å²) in [7, 11) is 0. The smallest absolute Gasteiger partial charge is 0.298 e. The molecule has 2 atom stereocenters. The largest absolute Gasteiger partial charge is 0.490 e. The number of fused-ring (bicyclic) bond motifs is 2. The molecular weight excluding hydrogens is 666 g/mol. The number of halogens is 2. The SMILES string of the molecule is Nc1nc2sc(C(=O)NC[C@H]3CO[C@](Cn4cncn4)(c4ccc(F)cc4F)C3)cc2n(-c2ccc3c(c2)N(c2ccccc2)CCO3)c1=O. The van der Waals surface area contributed by atoms with Gasteiger partial charge in [0.05, 0.1) is 41.5 Å². The van der Waals surface area contributed by atoms with Crippen molar-refractivity contribution >= 4 is 44.8 Å². The molecule has 254 valence electrons. The van der Waals surface area contributed by atoms with E-state index < -0.39 is 22.8 Å². The van der Waals surface area contributed by atoms with Gasteiger partial charge in [0.25, 0.3) is 11.5 Å². The molecule has 0 spiro atoms. The molecule has 0 bridgehead atoms. The van der Waals surface area contributed by atoms with Crippen molar-refractivity contribution in [3.8, 4) is 11.4 Å². The molecule has 6 aromatic rings. The van der Waals surface area contributed by atoms with E-state index in [1.807, 2.05) is 42.5 Å². The Morgan fingerprint density at radius 2 is 1.94 bits per heavy atom. The summed E-state index contributed by atoms with van der Waals surface area (Å²) < 4.78 is 44.0. The molecule has 5 heterocycles. The van der Waals surface area contributed by atoms with Crippen LogP contribution in [0.1, 0.15) is 21.7 Å². The van der Waals surface area contributed by atoms with Crippen LogP contribution < -0.4 is 26.2 Å². The number of benzene rings is 3. The normalized spacial score (nSPS) is 18.6. The summed E-state index contributed by atoms with van der Waals surface area (Å²) in [5.74, 6) is -1.50. The average molecular weight is 697 g/mol. The Kier molecular flexibility index (Phi) is 7.99. The maximum absolute atomic E-state index is 15.1. The van der Waals surface area contributed by atoms with Crippen molar-refractivity contribution in [1.29, 1.82) is 0 Å². The van der Waals surface area contributed by atoms with Crippen molar-refractivity contribution in [3.63, 3.8) is 0 Å². The molecule has 0 radical (unpaired) electrons. The molecule has 0 saturated carbocycles. The third kappa shape index (κ3) is 5.73. The second-order valence-corrected chi connectivity index (χ2v) is 13.3. The van der Waals surface area contributed by atoms with E-state index in [2.05, 4.69) is 25.3 Å². The first-order valence-electron chi connectivity index (χ1n) is 15.9. The van der Waals surface area contributed by atoms with Crippen LogP contribution in [0.15, 0.2) is 90.2 Å². The minimum atomic E-state index is -1.15. The van der Waals surface area contributed by atoms with Crippen molar-refractivity contribution in [1.82, 2.24) is 29.6 Å². The topological polar surface area (TPSA) is 142 Å². The third-order valence-corrected chi connectivity index (χ3v) is 10.0. The van der Waals surface area contributed by atoms with Crippen LogP contribution in [0.4, 0.5) is 26.0 Å². The van der Waals surface area contributed by atoms with Crippen LogP contribution in [0.5, 0.6) is 5.75 Å². The van der Waals surface area contributed by atoms with Gasteiger partial charge in [0, 0.05) is 29.8 Å². The minimum Gasteiger partial charge on any atom is -0.490 e. The minimum absolute atomic E-state index is 0.152. The zero-order valence-corrected chi connectivity index (χ0v) is 27.3. The molecular formula is C35H30F2N8O4S. The van der Waals surface area contributed by atoms with Gasteiger partial charge in [-0.25, -0.2) is 23.4 Å². The molecule has 2 aliphatic rings. The van der Waals surface area contributed by atoms with E-state index >= 15 is 4.39 Å². The second-order valence-electron chi connectivity index (χ2n) is 12.2. The highest BCUT2D eigenvalue weighted by atomic mass is 32.1. The van der Waals surface area contributed by atoms with Gasteiger partial charge >= 0.3 is 0 Å². The van der Waals surface area contributed by atoms with Gasteiger partial charge in [0.2, 0.25) is 0 Å². The lowest BCUT2D eigenvalue weighted by molar-refractivity contribution is -0.0203. The van der Waals surface area contributed by atoms with Gasteiger partial charge in [0.1, 0.15) is 47.1 Å². The third-order valence-electron chi connectivity index (χ3n) is 9.01. The Bertz CT molecular complexity index is 2280. The van der Waals surface area contributed by atoms with E-state index in [1.54, 1.807) is 12.1 Å². The Labute approximate surface area is 287 Å². The number of nitrogens with zero attached hydrogens (tertiary/aromatic N) is 6. The molecule has 8 rings (SSSR count). The molecule has 12 nitrogen and oxygen atoms in total. The van der Waals surface area contributed by atoms with Crippen LogP contribution in [0.2, 0.25) is 0 Å². The van der Waals surface area contributed by atoms with E-state index in [4.69, 9.17) is 15.2 Å². The first kappa shape index (κ1) is 31.6. The predicted molar refractivity (Wildman–Crippen MR) is 183 cm³/mol. The number of nitrogens with two attached hydrogens (primary N) is 1. The van der Waals surface area contributed by atoms with Crippen LogP contribution in [0, 0.1) is 17.6 Å². The quantitative estimate of drug-likeness (QED) is 0.230. The highest BCUT2D eigenvalue weighted by molar-refractivity contribution is 7.20. The Balaban J connectivity index is 1.05. The Hall–Kier alpha value is -5.67. The van der Waals surface area contributed by atoms with E-state index in [0.29, 0.717) is 46.2 Å². The van der Waals surface area contributed by atoms with Gasteiger partial charge in [-0.1, -0.05) is 24.3 Å². The summed E-state index contributed by atoms with van der Waals surface area (Å²) in [5.41, 5.74) is 7.41. The summed E-state index contributed by atoms with van der Waals surface area (Å²) in [5, 5.41) is 7.11. The highest BCUT2D eigenvalue weighted by Crippen LogP contribution is 2.42. The van der Waals surface area contributed by atoms with E-state index in [-0.39, 0.29) is 42.9 Å². The number of carbonyl (C=O) groups is 1. The number of hydrogen-bond donors (Lipinski definition) is 2. The predicted octanol–water partition coefficient (Wildman–Crippen LogP) is 4.79. The van der Waals surface area contributed by atoms with Crippen LogP contribution >= 0.6 is 11.3 Å². The number of aromatic nitrogens is 5. The molecule has 2 aliphatic heterocycles. The fourth-order valence-corrected chi connectivity index (χ4v) is 7.66. The van der Waals surface area contributed by atoms with Gasteiger partial charge in [-0.15, -0.1) is 11.3 Å². The molecule has 1 saturated heterocycles. The van der Waals surface area contributed by atoms with Gasteiger partial charge < -0.3 is 25.4 Å². The monoisotopic (exact) mass is 696 g/mol. The van der Waals surface area contributed by atoms with Crippen molar-refractivity contribution in [2.24, 2.45) is 5.92 Å². The number of anilines is 3. The van der Waals surface area contributed by atoms with Gasteiger partial charge in [-0.3, -0.25) is 14.2 Å². The van der Waals surface area contributed by atoms with Crippen LogP contribution in [-0.2, 0) is 16.9 Å². The van der Waals surface area contributed by atoms with Gasteiger partial charge in [-0.05, 0) is 48.9 Å². The summed E-state index contributed by atoms with van der Waals surface area (Å²) in [6, 6.07) is 20.4. The Morgan fingerprint density at radius 1 is 1.08 bits per heavy atom. The highest BCUT2D eigenvalue weighted by Gasteiger charge is 2.44. The zero-order chi connectivity index (χ0) is 34.4. The molecule has 1 amide bonds. The van der Waals surface area contributed by atoms with Crippen LogP contribution in [-0.4, -0.2) is 56.5 Å². The summed E-state index contributed by atoms with van der Waals surface area (Å²) in [6.45, 7) is 1.72. The lowest BCUT2D eigenvalue weighted by atomic mass is 9.86. The van der Waals surface area contributed by atoms with E-state index in [9.17, 15) is 14.0 Å². The first-order valence-corrected chi connectivity index (χ1v) is 16.7. The molecule has 3 aromatic carbocycles. The first-order chi connectivity index (χ1) is 24.3. The fourth-order valence-electron chi connectivity index (χ4n) is 6.72.